The molecule has 2 saturated heterocycles. The Hall–Kier alpha value is -2.50. The maximum Gasteiger partial charge on any atom is 0.490 e. The van der Waals surface area contributed by atoms with Crippen LogP contribution in [-0.4, -0.2) is 64.4 Å². The van der Waals surface area contributed by atoms with Crippen molar-refractivity contribution in [2.24, 2.45) is 0 Å². The number of piperidine rings is 1. The molecule has 4 heterocycles. The van der Waals surface area contributed by atoms with E-state index in [1.165, 1.54) is 11.3 Å². The van der Waals surface area contributed by atoms with E-state index >= 15 is 0 Å². The highest BCUT2D eigenvalue weighted by Gasteiger charge is 2.44. The number of aromatic nitrogens is 1. The third kappa shape index (κ3) is 6.50. The lowest BCUT2D eigenvalue weighted by Gasteiger charge is -2.38. The molecule has 1 unspecified atom stereocenters. The summed E-state index contributed by atoms with van der Waals surface area (Å²) in [5.41, 5.74) is 0.820. The molecule has 2 aromatic rings. The second-order valence-electron chi connectivity index (χ2n) is 7.52. The van der Waals surface area contributed by atoms with Gasteiger partial charge in [0.05, 0.1) is 35.5 Å². The first kappa shape index (κ1) is 24.1. The fraction of sp³-hybridized carbons (Fsp3) is 0.476. The van der Waals surface area contributed by atoms with Gasteiger partial charge in [0.1, 0.15) is 0 Å². The topological polar surface area (TPSA) is 89.0 Å². The maximum atomic E-state index is 12.5. The van der Waals surface area contributed by atoms with Crippen LogP contribution in [0, 0.1) is 0 Å². The van der Waals surface area contributed by atoms with E-state index in [1.807, 2.05) is 40.6 Å². The average Bonchev–Trinajstić information content (AvgIpc) is 3.44. The van der Waals surface area contributed by atoms with Gasteiger partial charge in [0.15, 0.2) is 0 Å². The van der Waals surface area contributed by atoms with Gasteiger partial charge in [0.25, 0.3) is 5.91 Å². The van der Waals surface area contributed by atoms with Crippen LogP contribution in [0.5, 0.6) is 0 Å². The van der Waals surface area contributed by atoms with Crippen LogP contribution in [0.4, 0.5) is 13.2 Å². The molecule has 2 aliphatic heterocycles. The Morgan fingerprint density at radius 3 is 2.53 bits per heavy atom. The van der Waals surface area contributed by atoms with Gasteiger partial charge >= 0.3 is 12.1 Å². The van der Waals surface area contributed by atoms with Crippen molar-refractivity contribution in [1.82, 2.24) is 9.88 Å². The third-order valence-electron chi connectivity index (χ3n) is 5.30. The smallest absolute Gasteiger partial charge is 0.475 e. The van der Waals surface area contributed by atoms with Crippen LogP contribution in [0.1, 0.15) is 34.6 Å². The number of aliphatic carboxylic acids is 1. The van der Waals surface area contributed by atoms with Gasteiger partial charge in [-0.25, -0.2) is 4.79 Å². The summed E-state index contributed by atoms with van der Waals surface area (Å²) < 4.78 is 43.8. The summed E-state index contributed by atoms with van der Waals surface area (Å²) in [6.07, 6.45) is -0.519. The summed E-state index contributed by atoms with van der Waals surface area (Å²) in [4.78, 5) is 28.4. The zero-order valence-corrected chi connectivity index (χ0v) is 17.9. The van der Waals surface area contributed by atoms with Gasteiger partial charge in [-0.1, -0.05) is 12.1 Å². The molecule has 2 aliphatic rings. The summed E-state index contributed by atoms with van der Waals surface area (Å²) in [5, 5.41) is 9.07. The number of carbonyl (C=O) groups is 2. The van der Waals surface area contributed by atoms with E-state index < -0.39 is 12.1 Å². The summed E-state index contributed by atoms with van der Waals surface area (Å²) in [6.45, 7) is 2.66. The number of nitrogens with zero attached hydrogens (tertiary/aromatic N) is 2. The van der Waals surface area contributed by atoms with Crippen molar-refractivity contribution in [2.75, 3.05) is 19.7 Å². The van der Waals surface area contributed by atoms with E-state index in [4.69, 9.17) is 19.4 Å². The minimum atomic E-state index is -5.08. The molecule has 0 saturated carbocycles. The Morgan fingerprint density at radius 2 is 1.97 bits per heavy atom. The van der Waals surface area contributed by atoms with E-state index in [1.54, 1.807) is 6.20 Å². The van der Waals surface area contributed by atoms with Gasteiger partial charge in [-0.05, 0) is 36.4 Å². The number of amides is 1. The molecule has 4 rings (SSSR count). The largest absolute Gasteiger partial charge is 0.490 e. The predicted octanol–water partition coefficient (Wildman–Crippen LogP) is 3.76. The molecule has 1 amide bonds. The Labute approximate surface area is 186 Å². The molecular weight excluding hydrogens is 449 g/mol. The van der Waals surface area contributed by atoms with Crippen LogP contribution in [0.25, 0.3) is 0 Å². The lowest BCUT2D eigenvalue weighted by atomic mass is 9.88. The minimum absolute atomic E-state index is 0.113. The molecule has 1 spiro atoms. The second kappa shape index (κ2) is 10.4. The zero-order valence-electron chi connectivity index (χ0n) is 17.1. The minimum Gasteiger partial charge on any atom is -0.475 e. The molecule has 0 aliphatic carbocycles. The number of hydrogen-bond donors (Lipinski definition) is 1. The number of rotatable bonds is 4. The first-order valence-electron chi connectivity index (χ1n) is 9.97. The number of likely N-dealkylation sites (tertiary alicyclic amines) is 1. The van der Waals surface area contributed by atoms with Crippen molar-refractivity contribution >= 4 is 23.2 Å². The maximum absolute atomic E-state index is 12.5. The molecule has 0 radical (unpaired) electrons. The highest BCUT2D eigenvalue weighted by Crippen LogP contribution is 2.37. The molecule has 2 fully saturated rings. The van der Waals surface area contributed by atoms with Crippen molar-refractivity contribution in [3.63, 3.8) is 0 Å². The predicted molar refractivity (Wildman–Crippen MR) is 109 cm³/mol. The molecule has 0 bridgehead atoms. The molecule has 11 heteroatoms. The van der Waals surface area contributed by atoms with E-state index in [0.29, 0.717) is 13.2 Å². The van der Waals surface area contributed by atoms with Gasteiger partial charge in [-0.3, -0.25) is 9.78 Å². The standard InChI is InChI=1S/C19H22N2O3S.C2HF3O2/c22-18(17-5-3-11-25-17)21-9-6-19(7-10-21)12-16(14-24-19)23-13-15-4-1-2-8-20-15;3-2(4,5)1(6)7/h1-5,8,11,16H,6-7,9-10,12-14H2;(H,6,7). The summed E-state index contributed by atoms with van der Waals surface area (Å²) in [7, 11) is 0. The van der Waals surface area contributed by atoms with Crippen LogP contribution in [0.2, 0.25) is 0 Å². The van der Waals surface area contributed by atoms with Crippen LogP contribution in [-0.2, 0) is 20.9 Å². The summed E-state index contributed by atoms with van der Waals surface area (Å²) >= 11 is 1.50. The highest BCUT2D eigenvalue weighted by molar-refractivity contribution is 7.12. The Morgan fingerprint density at radius 1 is 1.25 bits per heavy atom. The highest BCUT2D eigenvalue weighted by atomic mass is 32.1. The van der Waals surface area contributed by atoms with Gasteiger partial charge in [-0.2, -0.15) is 13.2 Å². The van der Waals surface area contributed by atoms with E-state index in [9.17, 15) is 18.0 Å². The van der Waals surface area contributed by atoms with Gasteiger partial charge in [0.2, 0.25) is 0 Å². The van der Waals surface area contributed by atoms with Crippen molar-refractivity contribution in [3.05, 3.63) is 52.5 Å². The average molecular weight is 472 g/mol. The SMILES string of the molecule is O=C(O)C(F)(F)F.O=C(c1cccs1)N1CCC2(CC1)CC(OCc1ccccn1)CO2. The van der Waals surface area contributed by atoms with Gasteiger partial charge < -0.3 is 19.5 Å². The van der Waals surface area contributed by atoms with E-state index in [0.717, 1.165) is 42.9 Å². The van der Waals surface area contributed by atoms with Crippen molar-refractivity contribution < 1.29 is 37.3 Å². The number of alkyl halides is 3. The van der Waals surface area contributed by atoms with Crippen LogP contribution < -0.4 is 0 Å². The first-order chi connectivity index (χ1) is 15.2. The van der Waals surface area contributed by atoms with Crippen LogP contribution >= 0.6 is 11.3 Å². The Kier molecular flexibility index (Phi) is 7.86. The molecule has 32 heavy (non-hydrogen) atoms. The van der Waals surface area contributed by atoms with Crippen LogP contribution in [0.15, 0.2) is 41.9 Å². The first-order valence-corrected chi connectivity index (χ1v) is 10.8. The Bertz CT molecular complexity index is 885. The van der Waals surface area contributed by atoms with Gasteiger partial charge in [-0.15, -0.1) is 11.3 Å². The molecule has 0 aromatic carbocycles. The van der Waals surface area contributed by atoms with E-state index in [-0.39, 0.29) is 17.6 Å². The number of pyridine rings is 1. The Balaban J connectivity index is 0.000000360. The van der Waals surface area contributed by atoms with E-state index in [2.05, 4.69) is 4.98 Å². The molecular formula is C21H23F3N2O5S. The monoisotopic (exact) mass is 472 g/mol. The number of carboxylic acids is 1. The third-order valence-corrected chi connectivity index (χ3v) is 6.16. The zero-order chi connectivity index (χ0) is 23.2. The summed E-state index contributed by atoms with van der Waals surface area (Å²) in [6, 6.07) is 9.67. The van der Waals surface area contributed by atoms with Crippen molar-refractivity contribution in [2.45, 2.75) is 43.8 Å². The fourth-order valence-electron chi connectivity index (χ4n) is 3.62. The van der Waals surface area contributed by atoms with Crippen molar-refractivity contribution in [3.8, 4) is 0 Å². The molecule has 1 N–H and O–H groups in total. The fourth-order valence-corrected chi connectivity index (χ4v) is 4.31. The lowest BCUT2D eigenvalue weighted by molar-refractivity contribution is -0.192. The lowest BCUT2D eigenvalue weighted by Crippen LogP contribution is -2.46. The number of carboxylic acid groups (broad SMARTS) is 1. The van der Waals surface area contributed by atoms with Gasteiger partial charge in [0, 0.05) is 25.7 Å². The number of thiophene rings is 1. The number of hydrogen-bond acceptors (Lipinski definition) is 6. The summed E-state index contributed by atoms with van der Waals surface area (Å²) in [5.74, 6) is -2.61. The molecule has 174 valence electrons. The quantitative estimate of drug-likeness (QED) is 0.729. The number of ether oxygens (including phenoxy) is 2. The molecule has 1 atom stereocenters. The van der Waals surface area contributed by atoms with Crippen molar-refractivity contribution in [1.29, 1.82) is 0 Å². The number of halogens is 3. The van der Waals surface area contributed by atoms with Crippen LogP contribution in [0.3, 0.4) is 0 Å². The number of carbonyl (C=O) groups excluding carboxylic acids is 1. The molecule has 2 aromatic heterocycles. The normalized spacial score (nSPS) is 20.0. The molecule has 7 nitrogen and oxygen atoms in total. The second-order valence-corrected chi connectivity index (χ2v) is 8.47.